The second-order valence-electron chi connectivity index (χ2n) is 6.99. The van der Waals surface area contributed by atoms with Gasteiger partial charge in [-0.05, 0) is 58.2 Å². The summed E-state index contributed by atoms with van der Waals surface area (Å²) in [5.74, 6) is -0.189. The molecule has 1 amide bonds. The van der Waals surface area contributed by atoms with Gasteiger partial charge in [0.2, 0.25) is 0 Å². The van der Waals surface area contributed by atoms with Crippen LogP contribution in [0.3, 0.4) is 0 Å². The van der Waals surface area contributed by atoms with Gasteiger partial charge in [-0.1, -0.05) is 12.1 Å². The van der Waals surface area contributed by atoms with Crippen LogP contribution in [0.4, 0.5) is 9.18 Å². The summed E-state index contributed by atoms with van der Waals surface area (Å²) in [4.78, 5) is 11.7. The third-order valence-electron chi connectivity index (χ3n) is 3.65. The van der Waals surface area contributed by atoms with Crippen LogP contribution in [-0.2, 0) is 4.74 Å². The molecule has 2 rings (SSSR count). The Bertz CT molecular complexity index is 554. The van der Waals surface area contributed by atoms with Crippen molar-refractivity contribution in [3.8, 4) is 0 Å². The highest BCUT2D eigenvalue weighted by molar-refractivity contribution is 5.68. The van der Waals surface area contributed by atoms with Gasteiger partial charge in [-0.3, -0.25) is 0 Å². The highest BCUT2D eigenvalue weighted by Gasteiger charge is 2.40. The van der Waals surface area contributed by atoms with E-state index in [2.05, 4.69) is 10.6 Å². The van der Waals surface area contributed by atoms with E-state index in [4.69, 9.17) is 4.74 Å². The molecule has 1 saturated carbocycles. The highest BCUT2D eigenvalue weighted by Crippen LogP contribution is 2.26. The Balaban J connectivity index is 1.81. The maximum Gasteiger partial charge on any atom is 0.407 e. The van der Waals surface area contributed by atoms with Crippen LogP contribution in [0.2, 0.25) is 0 Å². The van der Waals surface area contributed by atoms with Gasteiger partial charge in [-0.15, -0.1) is 0 Å². The molecule has 1 aromatic rings. The highest BCUT2D eigenvalue weighted by atomic mass is 19.1. The van der Waals surface area contributed by atoms with Crippen molar-refractivity contribution < 1.29 is 13.9 Å². The fourth-order valence-corrected chi connectivity index (χ4v) is 2.29. The summed E-state index contributed by atoms with van der Waals surface area (Å²) in [6.07, 6.45) is 0.466. The van der Waals surface area contributed by atoms with E-state index < -0.39 is 11.7 Å². The van der Waals surface area contributed by atoms with E-state index in [-0.39, 0.29) is 23.9 Å². The Morgan fingerprint density at radius 3 is 2.64 bits per heavy atom. The predicted molar refractivity (Wildman–Crippen MR) is 84.3 cm³/mol. The van der Waals surface area contributed by atoms with Crippen LogP contribution in [0.1, 0.15) is 51.3 Å². The first-order valence-electron chi connectivity index (χ1n) is 7.67. The smallest absolute Gasteiger partial charge is 0.407 e. The van der Waals surface area contributed by atoms with E-state index in [9.17, 15) is 9.18 Å². The molecule has 1 aliphatic carbocycles. The van der Waals surface area contributed by atoms with Crippen molar-refractivity contribution in [3.05, 3.63) is 35.1 Å². The summed E-state index contributed by atoms with van der Waals surface area (Å²) in [6, 6.07) is 5.58. The molecule has 122 valence electrons. The normalized spacial score (nSPS) is 22.1. The Kier molecular flexibility index (Phi) is 4.75. The van der Waals surface area contributed by atoms with Gasteiger partial charge in [0, 0.05) is 18.1 Å². The molecule has 0 aromatic heterocycles. The SMILES string of the molecule is Cc1ccc(C(C)NC2CC2NC(=O)OC(C)(C)C)cc1F. The van der Waals surface area contributed by atoms with Gasteiger partial charge in [-0.2, -0.15) is 0 Å². The first-order valence-corrected chi connectivity index (χ1v) is 7.67. The first kappa shape index (κ1) is 16.7. The third kappa shape index (κ3) is 4.70. The maximum absolute atomic E-state index is 13.6. The topological polar surface area (TPSA) is 50.4 Å². The minimum atomic E-state index is -0.491. The first-order chi connectivity index (χ1) is 10.2. The standard InChI is InChI=1S/C17H25FN2O2/c1-10-6-7-12(8-13(10)18)11(2)19-14-9-15(14)20-16(21)22-17(3,4)5/h6-8,11,14-15,19H,9H2,1-5H3,(H,20,21). The van der Waals surface area contributed by atoms with E-state index in [1.165, 1.54) is 0 Å². The van der Waals surface area contributed by atoms with Crippen LogP contribution >= 0.6 is 0 Å². The number of ether oxygens (including phenoxy) is 1. The molecule has 0 aliphatic heterocycles. The minimum Gasteiger partial charge on any atom is -0.444 e. The van der Waals surface area contributed by atoms with Crippen LogP contribution in [0.15, 0.2) is 18.2 Å². The molecular weight excluding hydrogens is 283 g/mol. The zero-order chi connectivity index (χ0) is 16.5. The number of benzene rings is 1. The number of hydrogen-bond donors (Lipinski definition) is 2. The molecule has 22 heavy (non-hydrogen) atoms. The predicted octanol–water partition coefficient (Wildman–Crippen LogP) is 3.45. The Labute approximate surface area is 131 Å². The fraction of sp³-hybridized carbons (Fsp3) is 0.588. The van der Waals surface area contributed by atoms with E-state index in [1.54, 1.807) is 19.1 Å². The second kappa shape index (κ2) is 6.24. The molecule has 1 aliphatic rings. The lowest BCUT2D eigenvalue weighted by Crippen LogP contribution is -2.37. The van der Waals surface area contributed by atoms with Gasteiger partial charge in [0.15, 0.2) is 0 Å². The van der Waals surface area contributed by atoms with E-state index in [0.717, 1.165) is 12.0 Å². The Morgan fingerprint density at radius 2 is 2.05 bits per heavy atom. The molecular formula is C17H25FN2O2. The summed E-state index contributed by atoms with van der Waals surface area (Å²) in [6.45, 7) is 9.25. The summed E-state index contributed by atoms with van der Waals surface area (Å²) in [5.41, 5.74) is 1.06. The van der Waals surface area contributed by atoms with Crippen molar-refractivity contribution in [2.24, 2.45) is 0 Å². The van der Waals surface area contributed by atoms with E-state index in [1.807, 2.05) is 33.8 Å². The number of halogens is 1. The molecule has 0 radical (unpaired) electrons. The van der Waals surface area contributed by atoms with Gasteiger partial charge >= 0.3 is 6.09 Å². The largest absolute Gasteiger partial charge is 0.444 e. The summed E-state index contributed by atoms with van der Waals surface area (Å²) >= 11 is 0. The van der Waals surface area contributed by atoms with Crippen LogP contribution in [0, 0.1) is 12.7 Å². The van der Waals surface area contributed by atoms with Crippen LogP contribution in [-0.4, -0.2) is 23.8 Å². The van der Waals surface area contributed by atoms with Crippen molar-refractivity contribution >= 4 is 6.09 Å². The molecule has 1 fully saturated rings. The average molecular weight is 308 g/mol. The van der Waals surface area contributed by atoms with E-state index in [0.29, 0.717) is 5.56 Å². The number of nitrogens with one attached hydrogen (secondary N) is 2. The number of aryl methyl sites for hydroxylation is 1. The van der Waals surface area contributed by atoms with Crippen molar-refractivity contribution in [2.75, 3.05) is 0 Å². The van der Waals surface area contributed by atoms with Gasteiger partial charge in [0.1, 0.15) is 11.4 Å². The van der Waals surface area contributed by atoms with Crippen LogP contribution < -0.4 is 10.6 Å². The number of alkyl carbamates (subject to hydrolysis) is 1. The lowest BCUT2D eigenvalue weighted by atomic mass is 10.1. The summed E-state index contributed by atoms with van der Waals surface area (Å²) < 4.78 is 18.8. The number of hydrogen-bond acceptors (Lipinski definition) is 3. The molecule has 3 atom stereocenters. The van der Waals surface area contributed by atoms with Gasteiger partial charge in [-0.25, -0.2) is 9.18 Å². The minimum absolute atomic E-state index is 0.0329. The number of amides is 1. The molecule has 4 nitrogen and oxygen atoms in total. The summed E-state index contributed by atoms with van der Waals surface area (Å²) in [5, 5.41) is 6.24. The quantitative estimate of drug-likeness (QED) is 0.895. The Morgan fingerprint density at radius 1 is 1.36 bits per heavy atom. The van der Waals surface area contributed by atoms with Crippen molar-refractivity contribution in [1.82, 2.24) is 10.6 Å². The van der Waals surface area contributed by atoms with Gasteiger partial charge in [0.25, 0.3) is 0 Å². The van der Waals surface area contributed by atoms with Crippen molar-refractivity contribution in [3.63, 3.8) is 0 Å². The molecule has 0 spiro atoms. The zero-order valence-electron chi connectivity index (χ0n) is 13.9. The van der Waals surface area contributed by atoms with Gasteiger partial charge in [0.05, 0.1) is 0 Å². The summed E-state index contributed by atoms with van der Waals surface area (Å²) in [7, 11) is 0. The lowest BCUT2D eigenvalue weighted by molar-refractivity contribution is 0.0522. The monoisotopic (exact) mass is 308 g/mol. The van der Waals surface area contributed by atoms with Crippen molar-refractivity contribution in [2.45, 2.75) is 64.8 Å². The molecule has 2 N–H and O–H groups in total. The van der Waals surface area contributed by atoms with Gasteiger partial charge < -0.3 is 15.4 Å². The van der Waals surface area contributed by atoms with E-state index >= 15 is 0 Å². The zero-order valence-corrected chi connectivity index (χ0v) is 13.9. The van der Waals surface area contributed by atoms with Crippen LogP contribution in [0.5, 0.6) is 0 Å². The lowest BCUT2D eigenvalue weighted by Gasteiger charge is -2.20. The fourth-order valence-electron chi connectivity index (χ4n) is 2.29. The number of carbonyl (C=O) groups is 1. The molecule has 0 bridgehead atoms. The maximum atomic E-state index is 13.6. The molecule has 0 saturated heterocycles. The number of carbonyl (C=O) groups excluding carboxylic acids is 1. The molecule has 1 aromatic carbocycles. The second-order valence-corrected chi connectivity index (χ2v) is 6.99. The molecule has 0 heterocycles. The Hall–Kier alpha value is -1.62. The molecule has 5 heteroatoms. The number of rotatable bonds is 4. The van der Waals surface area contributed by atoms with Crippen LogP contribution in [0.25, 0.3) is 0 Å². The molecule has 3 unspecified atom stereocenters. The van der Waals surface area contributed by atoms with Crippen molar-refractivity contribution in [1.29, 1.82) is 0 Å². The third-order valence-corrected chi connectivity index (χ3v) is 3.65. The average Bonchev–Trinajstić information content (AvgIpc) is 3.07.